The van der Waals surface area contributed by atoms with E-state index in [0.717, 1.165) is 11.4 Å². The van der Waals surface area contributed by atoms with Crippen LogP contribution in [0.3, 0.4) is 0 Å². The first kappa shape index (κ1) is 13.1. The Balaban J connectivity index is 2.52. The van der Waals surface area contributed by atoms with E-state index < -0.39 is 5.97 Å². The van der Waals surface area contributed by atoms with Gasteiger partial charge in [-0.2, -0.15) is 5.10 Å². The van der Waals surface area contributed by atoms with Crippen LogP contribution in [0.2, 0.25) is 5.02 Å². The number of carbonyl (C=O) groups excluding carboxylic acids is 1. The Morgan fingerprint density at radius 2 is 2.00 bits per heavy atom. The van der Waals surface area contributed by atoms with Crippen LogP contribution in [0, 0.1) is 6.92 Å². The van der Waals surface area contributed by atoms with Crippen molar-refractivity contribution in [2.45, 2.75) is 6.92 Å². The van der Waals surface area contributed by atoms with Gasteiger partial charge in [-0.25, -0.2) is 9.48 Å². The number of hydrogen-bond donors (Lipinski definition) is 0. The summed E-state index contributed by atoms with van der Waals surface area (Å²) in [5, 5.41) is 4.88. The predicted octanol–water partition coefficient (Wildman–Crippen LogP) is 3.38. The molecule has 0 N–H and O–H groups in total. The number of halogens is 2. The number of benzene rings is 1. The Labute approximate surface area is 118 Å². The zero-order valence-electron chi connectivity index (χ0n) is 9.78. The zero-order valence-corrected chi connectivity index (χ0v) is 12.1. The topological polar surface area (TPSA) is 44.1 Å². The first-order valence-corrected chi connectivity index (χ1v) is 6.31. The number of rotatable bonds is 2. The van der Waals surface area contributed by atoms with Crippen molar-refractivity contribution in [2.24, 2.45) is 0 Å². The molecule has 2 rings (SSSR count). The maximum atomic E-state index is 11.5. The molecule has 0 aliphatic carbocycles. The molecule has 0 saturated carbocycles. The molecule has 6 heteroatoms. The highest BCUT2D eigenvalue weighted by molar-refractivity contribution is 9.10. The van der Waals surface area contributed by atoms with Crippen LogP contribution in [0.4, 0.5) is 0 Å². The third kappa shape index (κ3) is 2.28. The van der Waals surface area contributed by atoms with Crippen molar-refractivity contribution in [3.63, 3.8) is 0 Å². The van der Waals surface area contributed by atoms with Gasteiger partial charge in [0.1, 0.15) is 0 Å². The Hall–Kier alpha value is -1.33. The molecule has 0 bridgehead atoms. The molecule has 2 aromatic rings. The summed E-state index contributed by atoms with van der Waals surface area (Å²) in [5.74, 6) is -0.474. The van der Waals surface area contributed by atoms with Crippen LogP contribution in [0.5, 0.6) is 0 Å². The van der Waals surface area contributed by atoms with E-state index in [0.29, 0.717) is 9.50 Å². The lowest BCUT2D eigenvalue weighted by Crippen LogP contribution is -2.04. The molecule has 0 unspecified atom stereocenters. The van der Waals surface area contributed by atoms with E-state index >= 15 is 0 Å². The fourth-order valence-electron chi connectivity index (χ4n) is 1.54. The molecule has 0 fully saturated rings. The lowest BCUT2D eigenvalue weighted by Gasteiger charge is -2.03. The summed E-state index contributed by atoms with van der Waals surface area (Å²) in [6.45, 7) is 1.86. The second kappa shape index (κ2) is 5.12. The molecule has 0 aliphatic heterocycles. The van der Waals surface area contributed by atoms with Gasteiger partial charge in [0.25, 0.3) is 0 Å². The molecular formula is C12H10BrClN2O2. The Morgan fingerprint density at radius 1 is 1.39 bits per heavy atom. The molecular weight excluding hydrogens is 320 g/mol. The number of hydrogen-bond acceptors (Lipinski definition) is 3. The maximum Gasteiger partial charge on any atom is 0.359 e. The number of nitrogens with zero attached hydrogens (tertiary/aromatic N) is 2. The summed E-state index contributed by atoms with van der Waals surface area (Å²) in [7, 11) is 1.32. The third-order valence-electron chi connectivity index (χ3n) is 2.49. The lowest BCUT2D eigenvalue weighted by atomic mass is 10.3. The van der Waals surface area contributed by atoms with Crippen LogP contribution in [-0.4, -0.2) is 22.9 Å². The van der Waals surface area contributed by atoms with Gasteiger partial charge < -0.3 is 4.74 Å². The quantitative estimate of drug-likeness (QED) is 0.793. The summed E-state index contributed by atoms with van der Waals surface area (Å²) in [6.07, 6.45) is 0. The van der Waals surface area contributed by atoms with Crippen molar-refractivity contribution < 1.29 is 9.53 Å². The molecule has 0 atom stereocenters. The monoisotopic (exact) mass is 328 g/mol. The van der Waals surface area contributed by atoms with Gasteiger partial charge in [0.2, 0.25) is 0 Å². The SMILES string of the molecule is COC(=O)c1nn(-c2ccc(Cl)cc2)c(C)c1Br. The van der Waals surface area contributed by atoms with E-state index in [1.54, 1.807) is 16.8 Å². The second-order valence-corrected chi connectivity index (χ2v) is 4.86. The fourth-order valence-corrected chi connectivity index (χ4v) is 2.08. The standard InChI is InChI=1S/C12H10BrClN2O2/c1-7-10(13)11(12(17)18-2)15-16(7)9-5-3-8(14)4-6-9/h3-6H,1-2H3. The average molecular weight is 330 g/mol. The Kier molecular flexibility index (Phi) is 3.73. The van der Waals surface area contributed by atoms with Crippen LogP contribution in [0.25, 0.3) is 5.69 Å². The van der Waals surface area contributed by atoms with Gasteiger partial charge in [-0.15, -0.1) is 0 Å². The highest BCUT2D eigenvalue weighted by Crippen LogP contribution is 2.24. The first-order valence-electron chi connectivity index (χ1n) is 5.14. The summed E-state index contributed by atoms with van der Waals surface area (Å²) >= 11 is 9.18. The van der Waals surface area contributed by atoms with Gasteiger partial charge in [-0.3, -0.25) is 0 Å². The van der Waals surface area contributed by atoms with E-state index in [9.17, 15) is 4.79 Å². The highest BCUT2D eigenvalue weighted by Gasteiger charge is 2.20. The molecule has 4 nitrogen and oxygen atoms in total. The predicted molar refractivity (Wildman–Crippen MR) is 72.4 cm³/mol. The van der Waals surface area contributed by atoms with Crippen LogP contribution in [0.1, 0.15) is 16.2 Å². The van der Waals surface area contributed by atoms with Gasteiger partial charge >= 0.3 is 5.97 Å². The molecule has 1 aromatic heterocycles. The maximum absolute atomic E-state index is 11.5. The van der Waals surface area contributed by atoms with Gasteiger partial charge in [-0.1, -0.05) is 11.6 Å². The van der Waals surface area contributed by atoms with Crippen molar-refractivity contribution in [1.82, 2.24) is 9.78 Å². The summed E-state index contributed by atoms with van der Waals surface area (Å²) in [4.78, 5) is 11.5. The fraction of sp³-hybridized carbons (Fsp3) is 0.167. The smallest absolute Gasteiger partial charge is 0.359 e. The normalized spacial score (nSPS) is 10.4. The molecule has 94 valence electrons. The van der Waals surface area contributed by atoms with Crippen molar-refractivity contribution >= 4 is 33.5 Å². The van der Waals surface area contributed by atoms with E-state index in [2.05, 4.69) is 25.8 Å². The highest BCUT2D eigenvalue weighted by atomic mass is 79.9. The molecule has 0 amide bonds. The number of ether oxygens (including phenoxy) is 1. The summed E-state index contributed by atoms with van der Waals surface area (Å²) < 4.78 is 6.96. The van der Waals surface area contributed by atoms with Crippen molar-refractivity contribution in [3.8, 4) is 5.69 Å². The van der Waals surface area contributed by atoms with Crippen molar-refractivity contribution in [3.05, 3.63) is 45.1 Å². The van der Waals surface area contributed by atoms with E-state index in [-0.39, 0.29) is 5.69 Å². The van der Waals surface area contributed by atoms with Crippen LogP contribution in [0.15, 0.2) is 28.7 Å². The number of esters is 1. The van der Waals surface area contributed by atoms with Crippen molar-refractivity contribution in [2.75, 3.05) is 7.11 Å². The van der Waals surface area contributed by atoms with Crippen LogP contribution in [-0.2, 0) is 4.74 Å². The van der Waals surface area contributed by atoms with E-state index in [1.807, 2.05) is 19.1 Å². The molecule has 0 saturated heterocycles. The van der Waals surface area contributed by atoms with Crippen molar-refractivity contribution in [1.29, 1.82) is 0 Å². The molecule has 0 aliphatic rings. The summed E-state index contributed by atoms with van der Waals surface area (Å²) in [6, 6.07) is 7.19. The van der Waals surface area contributed by atoms with Crippen LogP contribution < -0.4 is 0 Å². The molecule has 0 spiro atoms. The molecule has 1 aromatic carbocycles. The molecule has 1 heterocycles. The average Bonchev–Trinajstić information content (AvgIpc) is 2.67. The van der Waals surface area contributed by atoms with Gasteiger partial charge in [0, 0.05) is 5.02 Å². The minimum atomic E-state index is -0.474. The van der Waals surface area contributed by atoms with E-state index in [1.165, 1.54) is 7.11 Å². The summed E-state index contributed by atoms with van der Waals surface area (Å²) in [5.41, 5.74) is 1.90. The van der Waals surface area contributed by atoms with Gasteiger partial charge in [0.15, 0.2) is 5.69 Å². The number of carbonyl (C=O) groups is 1. The van der Waals surface area contributed by atoms with E-state index in [4.69, 9.17) is 11.6 Å². The van der Waals surface area contributed by atoms with Gasteiger partial charge in [0.05, 0.1) is 23.0 Å². The minimum absolute atomic E-state index is 0.255. The Morgan fingerprint density at radius 3 is 2.56 bits per heavy atom. The first-order chi connectivity index (χ1) is 8.54. The number of aromatic nitrogens is 2. The lowest BCUT2D eigenvalue weighted by molar-refractivity contribution is 0.0592. The second-order valence-electron chi connectivity index (χ2n) is 3.63. The molecule has 0 radical (unpaired) electrons. The largest absolute Gasteiger partial charge is 0.464 e. The molecule has 18 heavy (non-hydrogen) atoms. The third-order valence-corrected chi connectivity index (χ3v) is 3.69. The Bertz CT molecular complexity index is 593. The minimum Gasteiger partial charge on any atom is -0.464 e. The number of methoxy groups -OCH3 is 1. The van der Waals surface area contributed by atoms with Crippen LogP contribution >= 0.6 is 27.5 Å². The zero-order chi connectivity index (χ0) is 13.3. The van der Waals surface area contributed by atoms with Gasteiger partial charge in [-0.05, 0) is 47.1 Å².